The Balaban J connectivity index is 0.00000200. The van der Waals surface area contributed by atoms with Gasteiger partial charge >= 0.3 is 0 Å². The van der Waals surface area contributed by atoms with Gasteiger partial charge in [-0.25, -0.2) is 13.1 Å². The number of benzene rings is 1. The van der Waals surface area contributed by atoms with Gasteiger partial charge in [-0.1, -0.05) is 28.4 Å². The zero-order valence-electron chi connectivity index (χ0n) is 11.3. The summed E-state index contributed by atoms with van der Waals surface area (Å²) < 4.78 is 28.5. The molecule has 1 aromatic rings. The molecule has 2 rings (SSSR count). The molecule has 7 heteroatoms. The minimum atomic E-state index is -3.48. The van der Waals surface area contributed by atoms with Crippen LogP contribution in [0.4, 0.5) is 0 Å². The number of halogens is 2. The van der Waals surface area contributed by atoms with Gasteiger partial charge in [0.2, 0.25) is 10.0 Å². The highest BCUT2D eigenvalue weighted by Gasteiger charge is 2.30. The second kappa shape index (κ2) is 7.22. The summed E-state index contributed by atoms with van der Waals surface area (Å²) in [6.45, 7) is 2.33. The maximum Gasteiger partial charge on any atom is 0.241 e. The molecule has 0 bridgehead atoms. The van der Waals surface area contributed by atoms with Crippen molar-refractivity contribution < 1.29 is 8.42 Å². The Hall–Kier alpha value is -0.140. The number of hydrogen-bond acceptors (Lipinski definition) is 3. The van der Waals surface area contributed by atoms with Gasteiger partial charge in [-0.05, 0) is 49.9 Å². The normalized spacial score (nSPS) is 22.6. The zero-order valence-corrected chi connectivity index (χ0v) is 14.5. The van der Waals surface area contributed by atoms with Crippen LogP contribution in [0, 0.1) is 12.8 Å². The van der Waals surface area contributed by atoms with E-state index in [0.29, 0.717) is 11.4 Å². The Labute approximate surface area is 135 Å². The molecule has 2 unspecified atom stereocenters. The second-order valence-electron chi connectivity index (χ2n) is 5.06. The highest BCUT2D eigenvalue weighted by Crippen LogP contribution is 2.27. The van der Waals surface area contributed by atoms with Crippen molar-refractivity contribution in [1.29, 1.82) is 0 Å². The van der Waals surface area contributed by atoms with Gasteiger partial charge in [-0.15, -0.1) is 12.4 Å². The van der Waals surface area contributed by atoms with Crippen molar-refractivity contribution in [1.82, 2.24) is 4.72 Å². The topological polar surface area (TPSA) is 72.2 Å². The molecule has 1 aromatic carbocycles. The largest absolute Gasteiger partial charge is 0.330 e. The van der Waals surface area contributed by atoms with E-state index >= 15 is 0 Å². The van der Waals surface area contributed by atoms with Crippen molar-refractivity contribution in [3.05, 3.63) is 28.2 Å². The third kappa shape index (κ3) is 3.95. The van der Waals surface area contributed by atoms with Crippen LogP contribution in [-0.4, -0.2) is 21.0 Å². The molecule has 4 nitrogen and oxygen atoms in total. The van der Waals surface area contributed by atoms with Crippen LogP contribution in [0.25, 0.3) is 0 Å². The Bertz CT molecular complexity index is 565. The highest BCUT2D eigenvalue weighted by molar-refractivity contribution is 9.10. The van der Waals surface area contributed by atoms with Gasteiger partial charge in [0.15, 0.2) is 0 Å². The third-order valence-electron chi connectivity index (χ3n) is 3.71. The van der Waals surface area contributed by atoms with Gasteiger partial charge in [0.05, 0.1) is 4.90 Å². The van der Waals surface area contributed by atoms with E-state index < -0.39 is 10.0 Å². The first kappa shape index (κ1) is 17.9. The molecule has 0 saturated heterocycles. The van der Waals surface area contributed by atoms with E-state index in [-0.39, 0.29) is 24.4 Å². The van der Waals surface area contributed by atoms with Crippen LogP contribution >= 0.6 is 28.3 Å². The van der Waals surface area contributed by atoms with Crippen LogP contribution in [0.2, 0.25) is 0 Å². The number of rotatable bonds is 4. The van der Waals surface area contributed by atoms with Gasteiger partial charge in [-0.3, -0.25) is 0 Å². The van der Waals surface area contributed by atoms with Crippen LogP contribution < -0.4 is 10.5 Å². The fourth-order valence-corrected chi connectivity index (χ4v) is 4.72. The molecule has 20 heavy (non-hydrogen) atoms. The molecule has 114 valence electrons. The molecule has 2 atom stereocenters. The van der Waals surface area contributed by atoms with E-state index in [0.717, 1.165) is 29.3 Å². The SMILES string of the molecule is Cc1ccc(Br)cc1S(=O)(=O)NC1CCCC1CN.Cl. The zero-order chi connectivity index (χ0) is 14.0. The lowest BCUT2D eigenvalue weighted by molar-refractivity contribution is 0.452. The quantitative estimate of drug-likeness (QED) is 0.839. The van der Waals surface area contributed by atoms with E-state index in [1.165, 1.54) is 0 Å². The highest BCUT2D eigenvalue weighted by atomic mass is 79.9. The third-order valence-corrected chi connectivity index (χ3v) is 5.83. The lowest BCUT2D eigenvalue weighted by Gasteiger charge is -2.20. The molecule has 0 aromatic heterocycles. The van der Waals surface area contributed by atoms with Crippen LogP contribution in [-0.2, 0) is 10.0 Å². The number of hydrogen-bond donors (Lipinski definition) is 2. The smallest absolute Gasteiger partial charge is 0.241 e. The Kier molecular flexibility index (Phi) is 6.47. The lowest BCUT2D eigenvalue weighted by atomic mass is 10.1. The number of sulfonamides is 1. The molecular weight excluding hydrogens is 364 g/mol. The maximum absolute atomic E-state index is 12.4. The molecule has 0 radical (unpaired) electrons. The van der Waals surface area contributed by atoms with E-state index in [1.807, 2.05) is 6.07 Å². The van der Waals surface area contributed by atoms with Crippen molar-refractivity contribution in [3.63, 3.8) is 0 Å². The first-order chi connectivity index (χ1) is 8.94. The van der Waals surface area contributed by atoms with Gasteiger partial charge < -0.3 is 5.73 Å². The van der Waals surface area contributed by atoms with Gasteiger partial charge in [0.1, 0.15) is 0 Å². The molecule has 1 aliphatic rings. The Morgan fingerprint density at radius 2 is 2.10 bits per heavy atom. The van der Waals surface area contributed by atoms with Gasteiger partial charge in [0.25, 0.3) is 0 Å². The van der Waals surface area contributed by atoms with Crippen molar-refractivity contribution >= 4 is 38.4 Å². The second-order valence-corrected chi connectivity index (χ2v) is 7.66. The molecule has 1 fully saturated rings. The van der Waals surface area contributed by atoms with Crippen molar-refractivity contribution in [2.24, 2.45) is 11.7 Å². The van der Waals surface area contributed by atoms with E-state index in [4.69, 9.17) is 5.73 Å². The fraction of sp³-hybridized carbons (Fsp3) is 0.538. The minimum Gasteiger partial charge on any atom is -0.330 e. The number of aryl methyl sites for hydroxylation is 1. The molecular formula is C13H20BrClN2O2S. The number of nitrogens with two attached hydrogens (primary N) is 1. The summed E-state index contributed by atoms with van der Waals surface area (Å²) in [5, 5.41) is 0. The summed E-state index contributed by atoms with van der Waals surface area (Å²) in [5.74, 6) is 0.252. The molecule has 0 spiro atoms. The lowest BCUT2D eigenvalue weighted by Crippen LogP contribution is -2.40. The van der Waals surface area contributed by atoms with Crippen molar-refractivity contribution in [2.75, 3.05) is 6.54 Å². The predicted octanol–water partition coefficient (Wildman–Crippen LogP) is 2.59. The average molecular weight is 384 g/mol. The van der Waals surface area contributed by atoms with Crippen LogP contribution in [0.1, 0.15) is 24.8 Å². The summed E-state index contributed by atoms with van der Waals surface area (Å²) in [6.07, 6.45) is 2.90. The van der Waals surface area contributed by atoms with Crippen LogP contribution in [0.5, 0.6) is 0 Å². The Morgan fingerprint density at radius 1 is 1.40 bits per heavy atom. The minimum absolute atomic E-state index is 0. The summed E-state index contributed by atoms with van der Waals surface area (Å²) in [4.78, 5) is 0.338. The monoisotopic (exact) mass is 382 g/mol. The van der Waals surface area contributed by atoms with Gasteiger partial charge in [-0.2, -0.15) is 0 Å². The molecule has 3 N–H and O–H groups in total. The molecule has 0 amide bonds. The van der Waals surface area contributed by atoms with E-state index in [2.05, 4.69) is 20.7 Å². The summed E-state index contributed by atoms with van der Waals surface area (Å²) in [5.41, 5.74) is 6.44. The molecule has 0 heterocycles. The Morgan fingerprint density at radius 3 is 2.75 bits per heavy atom. The summed E-state index contributed by atoms with van der Waals surface area (Å²) in [6, 6.07) is 5.25. The summed E-state index contributed by atoms with van der Waals surface area (Å²) in [7, 11) is -3.48. The summed E-state index contributed by atoms with van der Waals surface area (Å²) >= 11 is 3.31. The van der Waals surface area contributed by atoms with Crippen molar-refractivity contribution in [2.45, 2.75) is 37.1 Å². The molecule has 0 aliphatic heterocycles. The van der Waals surface area contributed by atoms with Crippen LogP contribution in [0.15, 0.2) is 27.6 Å². The van der Waals surface area contributed by atoms with E-state index in [1.54, 1.807) is 19.1 Å². The molecule has 1 saturated carbocycles. The first-order valence-corrected chi connectivity index (χ1v) is 8.70. The number of nitrogens with one attached hydrogen (secondary N) is 1. The van der Waals surface area contributed by atoms with Gasteiger partial charge in [0, 0.05) is 10.5 Å². The standard InChI is InChI=1S/C13H19BrN2O2S.ClH/c1-9-5-6-11(14)7-13(9)19(17,18)16-12-4-2-3-10(12)8-15;/h5-7,10,12,16H,2-4,8,15H2,1H3;1H. The fourth-order valence-electron chi connectivity index (χ4n) is 2.60. The van der Waals surface area contributed by atoms with Crippen LogP contribution in [0.3, 0.4) is 0 Å². The predicted molar refractivity (Wildman–Crippen MR) is 86.6 cm³/mol. The van der Waals surface area contributed by atoms with E-state index in [9.17, 15) is 8.42 Å². The van der Waals surface area contributed by atoms with Crippen molar-refractivity contribution in [3.8, 4) is 0 Å². The average Bonchev–Trinajstić information content (AvgIpc) is 2.78. The molecule has 1 aliphatic carbocycles. The first-order valence-electron chi connectivity index (χ1n) is 6.42. The maximum atomic E-state index is 12.4.